The highest BCUT2D eigenvalue weighted by Gasteiger charge is 2.36. The van der Waals surface area contributed by atoms with Gasteiger partial charge in [0, 0.05) is 31.4 Å². The van der Waals surface area contributed by atoms with Gasteiger partial charge in [-0.15, -0.1) is 0 Å². The summed E-state index contributed by atoms with van der Waals surface area (Å²) in [6.45, 7) is 2.23. The molecule has 1 aliphatic rings. The molecule has 0 N–H and O–H groups in total. The molecular weight excluding hydrogens is 308 g/mol. The molecule has 1 saturated heterocycles. The van der Waals surface area contributed by atoms with E-state index in [0.717, 1.165) is 0 Å². The van der Waals surface area contributed by atoms with Gasteiger partial charge in [-0.25, -0.2) is 4.79 Å². The van der Waals surface area contributed by atoms with Gasteiger partial charge in [-0.3, -0.25) is 9.48 Å². The van der Waals surface area contributed by atoms with Crippen LogP contribution in [0.15, 0.2) is 30.5 Å². The van der Waals surface area contributed by atoms with Crippen LogP contribution in [-0.2, 0) is 16.6 Å². The second-order valence-electron chi connectivity index (χ2n) is 5.60. The number of amides is 1. The number of carbonyl (C=O) groups excluding carboxylic acids is 2. The highest BCUT2D eigenvalue weighted by molar-refractivity contribution is 6.01. The van der Waals surface area contributed by atoms with E-state index in [1.807, 2.05) is 6.07 Å². The Morgan fingerprint density at radius 1 is 1.38 bits per heavy atom. The van der Waals surface area contributed by atoms with Crippen molar-refractivity contribution < 1.29 is 14.3 Å². The Kier molecular flexibility index (Phi) is 4.04. The first-order chi connectivity index (χ1) is 11.5. The molecule has 122 valence electrons. The van der Waals surface area contributed by atoms with Crippen LogP contribution in [0, 0.1) is 18.3 Å². The fourth-order valence-electron chi connectivity index (χ4n) is 2.63. The number of aryl methyl sites for hydroxylation is 1. The SMILES string of the molecule is Cc1c(C(=O)O[C@H]2CCN(c3ccc(C#N)cc3)C2=O)cnn1C. The summed E-state index contributed by atoms with van der Waals surface area (Å²) in [4.78, 5) is 26.3. The van der Waals surface area contributed by atoms with E-state index in [9.17, 15) is 9.59 Å². The fraction of sp³-hybridized carbons (Fsp3) is 0.294. The van der Waals surface area contributed by atoms with Gasteiger partial charge in [0.1, 0.15) is 5.56 Å². The van der Waals surface area contributed by atoms with Gasteiger partial charge in [-0.2, -0.15) is 10.4 Å². The first-order valence-corrected chi connectivity index (χ1v) is 7.52. The standard InChI is InChI=1S/C17H16N4O3/c1-11-14(10-19-20(11)2)17(23)24-15-7-8-21(16(15)22)13-5-3-12(9-18)4-6-13/h3-6,10,15H,7-8H2,1-2H3/t15-/m0/s1. The average Bonchev–Trinajstić information content (AvgIpc) is 3.11. The molecule has 1 aromatic heterocycles. The molecule has 0 aliphatic carbocycles. The first kappa shape index (κ1) is 15.7. The largest absolute Gasteiger partial charge is 0.448 e. The van der Waals surface area contributed by atoms with Crippen molar-refractivity contribution in [1.29, 1.82) is 5.26 Å². The van der Waals surface area contributed by atoms with E-state index in [1.165, 1.54) is 6.20 Å². The summed E-state index contributed by atoms with van der Waals surface area (Å²) in [6.07, 6.45) is 1.08. The molecule has 2 heterocycles. The molecule has 0 spiro atoms. The third-order valence-electron chi connectivity index (χ3n) is 4.17. The molecule has 0 bridgehead atoms. The highest BCUT2D eigenvalue weighted by atomic mass is 16.5. The zero-order valence-electron chi connectivity index (χ0n) is 13.4. The quantitative estimate of drug-likeness (QED) is 0.800. The third-order valence-corrected chi connectivity index (χ3v) is 4.17. The normalized spacial score (nSPS) is 17.0. The summed E-state index contributed by atoms with van der Waals surface area (Å²) in [5.74, 6) is -0.796. The number of carbonyl (C=O) groups is 2. The number of nitriles is 1. The Hall–Kier alpha value is -3.14. The number of hydrogen-bond acceptors (Lipinski definition) is 5. The summed E-state index contributed by atoms with van der Waals surface area (Å²) < 4.78 is 6.94. The van der Waals surface area contributed by atoms with Crippen LogP contribution < -0.4 is 4.90 Å². The number of esters is 1. The number of rotatable bonds is 3. The highest BCUT2D eigenvalue weighted by Crippen LogP contribution is 2.24. The van der Waals surface area contributed by atoms with Crippen LogP contribution in [0.25, 0.3) is 0 Å². The Balaban J connectivity index is 1.71. The van der Waals surface area contributed by atoms with Gasteiger partial charge in [-0.1, -0.05) is 0 Å². The Morgan fingerprint density at radius 3 is 2.67 bits per heavy atom. The summed E-state index contributed by atoms with van der Waals surface area (Å²) >= 11 is 0. The Bertz CT molecular complexity index is 833. The van der Waals surface area contributed by atoms with Gasteiger partial charge >= 0.3 is 5.97 Å². The number of anilines is 1. The average molecular weight is 324 g/mol. The van der Waals surface area contributed by atoms with Crippen molar-refractivity contribution in [2.24, 2.45) is 7.05 Å². The van der Waals surface area contributed by atoms with Crippen LogP contribution in [0.5, 0.6) is 0 Å². The van der Waals surface area contributed by atoms with Crippen molar-refractivity contribution >= 4 is 17.6 Å². The predicted molar refractivity (Wildman–Crippen MR) is 85.3 cm³/mol. The third kappa shape index (κ3) is 2.74. The molecule has 2 aromatic rings. The van der Waals surface area contributed by atoms with Crippen molar-refractivity contribution in [3.05, 3.63) is 47.3 Å². The van der Waals surface area contributed by atoms with E-state index in [-0.39, 0.29) is 5.91 Å². The number of hydrogen-bond donors (Lipinski definition) is 0. The predicted octanol–water partition coefficient (Wildman–Crippen LogP) is 1.56. The smallest absolute Gasteiger partial charge is 0.342 e. The summed E-state index contributed by atoms with van der Waals surface area (Å²) in [5, 5.41) is 12.8. The maximum Gasteiger partial charge on any atom is 0.342 e. The number of ether oxygens (including phenoxy) is 1. The molecule has 1 fully saturated rings. The molecular formula is C17H16N4O3. The van der Waals surface area contributed by atoms with Gasteiger partial charge in [0.2, 0.25) is 0 Å². The Morgan fingerprint density at radius 2 is 2.08 bits per heavy atom. The van der Waals surface area contributed by atoms with Crippen molar-refractivity contribution in [3.63, 3.8) is 0 Å². The molecule has 1 aromatic carbocycles. The molecule has 0 unspecified atom stereocenters. The lowest BCUT2D eigenvalue weighted by atomic mass is 10.2. The van der Waals surface area contributed by atoms with E-state index >= 15 is 0 Å². The van der Waals surface area contributed by atoms with Crippen molar-refractivity contribution in [2.75, 3.05) is 11.4 Å². The van der Waals surface area contributed by atoms with Gasteiger partial charge in [-0.05, 0) is 31.2 Å². The molecule has 7 nitrogen and oxygen atoms in total. The zero-order chi connectivity index (χ0) is 17.3. The van der Waals surface area contributed by atoms with Crippen LogP contribution in [0.4, 0.5) is 5.69 Å². The second kappa shape index (κ2) is 6.16. The van der Waals surface area contributed by atoms with Crippen LogP contribution in [-0.4, -0.2) is 34.3 Å². The fourth-order valence-corrected chi connectivity index (χ4v) is 2.63. The lowest BCUT2D eigenvalue weighted by Crippen LogP contribution is -2.32. The summed E-state index contributed by atoms with van der Waals surface area (Å²) in [7, 11) is 1.74. The Labute approximate surface area is 139 Å². The van der Waals surface area contributed by atoms with Crippen LogP contribution in [0.2, 0.25) is 0 Å². The van der Waals surface area contributed by atoms with Crippen molar-refractivity contribution in [2.45, 2.75) is 19.4 Å². The lowest BCUT2D eigenvalue weighted by molar-refractivity contribution is -0.124. The van der Waals surface area contributed by atoms with Gasteiger partial charge in [0.25, 0.3) is 5.91 Å². The maximum atomic E-state index is 12.5. The number of aromatic nitrogens is 2. The molecule has 1 aliphatic heterocycles. The van der Waals surface area contributed by atoms with E-state index in [0.29, 0.717) is 35.5 Å². The molecule has 1 amide bonds. The second-order valence-corrected chi connectivity index (χ2v) is 5.60. The van der Waals surface area contributed by atoms with E-state index in [1.54, 1.807) is 47.8 Å². The number of benzene rings is 1. The van der Waals surface area contributed by atoms with E-state index in [4.69, 9.17) is 10.00 Å². The van der Waals surface area contributed by atoms with Crippen LogP contribution in [0.3, 0.4) is 0 Å². The summed E-state index contributed by atoms with van der Waals surface area (Å²) in [6, 6.07) is 8.77. The van der Waals surface area contributed by atoms with E-state index < -0.39 is 12.1 Å². The molecule has 7 heteroatoms. The molecule has 0 radical (unpaired) electrons. The van der Waals surface area contributed by atoms with Crippen molar-refractivity contribution in [1.82, 2.24) is 9.78 Å². The first-order valence-electron chi connectivity index (χ1n) is 7.52. The zero-order valence-corrected chi connectivity index (χ0v) is 13.4. The minimum Gasteiger partial charge on any atom is -0.448 e. The molecule has 1 atom stereocenters. The van der Waals surface area contributed by atoms with Crippen LogP contribution >= 0.6 is 0 Å². The van der Waals surface area contributed by atoms with E-state index in [2.05, 4.69) is 5.10 Å². The van der Waals surface area contributed by atoms with Crippen molar-refractivity contribution in [3.8, 4) is 6.07 Å². The van der Waals surface area contributed by atoms with Crippen LogP contribution in [0.1, 0.15) is 28.0 Å². The molecule has 0 saturated carbocycles. The molecule has 3 rings (SSSR count). The summed E-state index contributed by atoms with van der Waals surface area (Å²) in [5.41, 5.74) is 2.27. The van der Waals surface area contributed by atoms with Gasteiger partial charge in [0.05, 0.1) is 17.8 Å². The number of nitrogens with zero attached hydrogens (tertiary/aromatic N) is 4. The maximum absolute atomic E-state index is 12.5. The monoisotopic (exact) mass is 324 g/mol. The molecule has 24 heavy (non-hydrogen) atoms. The topological polar surface area (TPSA) is 88.2 Å². The van der Waals surface area contributed by atoms with Gasteiger partial charge < -0.3 is 9.64 Å². The van der Waals surface area contributed by atoms with Gasteiger partial charge in [0.15, 0.2) is 6.10 Å². The lowest BCUT2D eigenvalue weighted by Gasteiger charge is -2.16. The minimum absolute atomic E-state index is 0.255. The minimum atomic E-state index is -0.798.